The van der Waals surface area contributed by atoms with E-state index in [0.717, 1.165) is 13.1 Å². The van der Waals surface area contributed by atoms with E-state index < -0.39 is 0 Å². The highest BCUT2D eigenvalue weighted by Crippen LogP contribution is 2.20. The van der Waals surface area contributed by atoms with Gasteiger partial charge in [0.2, 0.25) is 0 Å². The summed E-state index contributed by atoms with van der Waals surface area (Å²) in [5, 5.41) is 3.42. The van der Waals surface area contributed by atoms with Crippen LogP contribution in [0.15, 0.2) is 23.8 Å². The zero-order valence-corrected chi connectivity index (χ0v) is 11.8. The van der Waals surface area contributed by atoms with E-state index in [4.69, 9.17) is 0 Å². The molecule has 0 fully saturated rings. The minimum atomic E-state index is 0.591. The van der Waals surface area contributed by atoms with Crippen LogP contribution in [0.1, 0.15) is 37.5 Å². The van der Waals surface area contributed by atoms with Gasteiger partial charge in [0.15, 0.2) is 0 Å². The summed E-state index contributed by atoms with van der Waals surface area (Å²) in [5.41, 5.74) is 5.58. The maximum Gasteiger partial charge on any atom is 0.0170 e. The maximum atomic E-state index is 3.42. The Morgan fingerprint density at radius 2 is 1.82 bits per heavy atom. The van der Waals surface area contributed by atoms with Crippen molar-refractivity contribution in [2.45, 2.75) is 34.6 Å². The van der Waals surface area contributed by atoms with Crippen molar-refractivity contribution in [2.75, 3.05) is 13.1 Å². The third kappa shape index (κ3) is 4.01. The largest absolute Gasteiger partial charge is 0.313 e. The third-order valence-corrected chi connectivity index (χ3v) is 3.19. The Hall–Kier alpha value is -1.08. The van der Waals surface area contributed by atoms with E-state index in [2.05, 4.69) is 64.2 Å². The first-order valence-corrected chi connectivity index (χ1v) is 6.53. The van der Waals surface area contributed by atoms with Gasteiger partial charge in [-0.25, -0.2) is 0 Å². The highest BCUT2D eigenvalue weighted by atomic mass is 14.8. The molecule has 0 bridgehead atoms. The Morgan fingerprint density at radius 3 is 2.29 bits per heavy atom. The Labute approximate surface area is 106 Å². The van der Waals surface area contributed by atoms with Gasteiger partial charge in [-0.15, -0.1) is 0 Å². The van der Waals surface area contributed by atoms with Crippen LogP contribution in [0.3, 0.4) is 0 Å². The highest BCUT2D eigenvalue weighted by molar-refractivity contribution is 5.60. The molecule has 1 heteroatoms. The first-order valence-electron chi connectivity index (χ1n) is 6.53. The minimum Gasteiger partial charge on any atom is -0.313 e. The van der Waals surface area contributed by atoms with Crippen LogP contribution in [0.25, 0.3) is 6.08 Å². The van der Waals surface area contributed by atoms with Crippen LogP contribution < -0.4 is 5.32 Å². The van der Waals surface area contributed by atoms with Crippen LogP contribution in [-0.4, -0.2) is 13.1 Å². The molecule has 1 nitrogen and oxygen atoms in total. The summed E-state index contributed by atoms with van der Waals surface area (Å²) in [6.45, 7) is 13.1. The number of nitrogens with one attached hydrogen (secondary N) is 1. The molecule has 0 atom stereocenters. The summed E-state index contributed by atoms with van der Waals surface area (Å²) in [6, 6.07) is 6.50. The average Bonchev–Trinajstić information content (AvgIpc) is 2.27. The van der Waals surface area contributed by atoms with Gasteiger partial charge in [0.1, 0.15) is 0 Å². The standard InChI is InChI=1S/C16H25N/c1-6-17-11-15(12(2)3)10-16-13(4)8-7-9-14(16)5/h7-10,12,17H,6,11H2,1-5H3/b15-10-. The third-order valence-electron chi connectivity index (χ3n) is 3.19. The van der Waals surface area contributed by atoms with Crippen LogP contribution in [0, 0.1) is 19.8 Å². The summed E-state index contributed by atoms with van der Waals surface area (Å²) >= 11 is 0. The fraction of sp³-hybridized carbons (Fsp3) is 0.500. The molecule has 0 spiro atoms. The summed E-state index contributed by atoms with van der Waals surface area (Å²) in [4.78, 5) is 0. The molecule has 0 unspecified atom stereocenters. The molecule has 0 aromatic heterocycles. The summed E-state index contributed by atoms with van der Waals surface area (Å²) in [5.74, 6) is 0.591. The summed E-state index contributed by atoms with van der Waals surface area (Å²) < 4.78 is 0. The van der Waals surface area contributed by atoms with Gasteiger partial charge in [-0.05, 0) is 43.0 Å². The molecule has 1 rings (SSSR count). The Morgan fingerprint density at radius 1 is 1.24 bits per heavy atom. The van der Waals surface area contributed by atoms with E-state index in [0.29, 0.717) is 5.92 Å². The molecule has 0 aliphatic heterocycles. The van der Waals surface area contributed by atoms with Crippen LogP contribution in [0.5, 0.6) is 0 Å². The van der Waals surface area contributed by atoms with Crippen molar-refractivity contribution in [3.8, 4) is 0 Å². The lowest BCUT2D eigenvalue weighted by atomic mass is 9.95. The van der Waals surface area contributed by atoms with Crippen LogP contribution in [0.2, 0.25) is 0 Å². The monoisotopic (exact) mass is 231 g/mol. The molecule has 1 N–H and O–H groups in total. The SMILES string of the molecule is CCNC/C(=C/c1c(C)cccc1C)C(C)C. The smallest absolute Gasteiger partial charge is 0.0170 e. The molecule has 0 aliphatic carbocycles. The molecule has 0 saturated heterocycles. The van der Waals surface area contributed by atoms with E-state index in [1.165, 1.54) is 22.3 Å². The van der Waals surface area contributed by atoms with Gasteiger partial charge in [0.25, 0.3) is 0 Å². The van der Waals surface area contributed by atoms with Crippen LogP contribution in [0.4, 0.5) is 0 Å². The highest BCUT2D eigenvalue weighted by Gasteiger charge is 2.05. The number of rotatable bonds is 5. The molecule has 0 aliphatic rings. The van der Waals surface area contributed by atoms with Gasteiger partial charge in [-0.3, -0.25) is 0 Å². The Balaban J connectivity index is 3.04. The molecule has 17 heavy (non-hydrogen) atoms. The lowest BCUT2D eigenvalue weighted by Crippen LogP contribution is -2.18. The molecule has 94 valence electrons. The molecule has 1 aromatic carbocycles. The topological polar surface area (TPSA) is 12.0 Å². The van der Waals surface area contributed by atoms with Gasteiger partial charge in [0.05, 0.1) is 0 Å². The van der Waals surface area contributed by atoms with Crippen molar-refractivity contribution in [3.05, 3.63) is 40.5 Å². The van der Waals surface area contributed by atoms with Crippen molar-refractivity contribution in [1.29, 1.82) is 0 Å². The zero-order valence-electron chi connectivity index (χ0n) is 11.8. The second-order valence-corrected chi connectivity index (χ2v) is 4.96. The molecule has 1 aromatic rings. The summed E-state index contributed by atoms with van der Waals surface area (Å²) in [6.07, 6.45) is 2.36. The summed E-state index contributed by atoms with van der Waals surface area (Å²) in [7, 11) is 0. The molecular formula is C16H25N. The van der Waals surface area contributed by atoms with E-state index in [1.807, 2.05) is 0 Å². The van der Waals surface area contributed by atoms with Crippen LogP contribution in [-0.2, 0) is 0 Å². The Bertz CT molecular complexity index is 368. The van der Waals surface area contributed by atoms with E-state index in [1.54, 1.807) is 0 Å². The maximum absolute atomic E-state index is 3.42. The Kier molecular flexibility index (Phi) is 5.43. The first kappa shape index (κ1) is 14.0. The predicted octanol–water partition coefficient (Wildman–Crippen LogP) is 3.95. The molecule has 0 heterocycles. The van der Waals surface area contributed by atoms with Crippen molar-refractivity contribution < 1.29 is 0 Å². The number of aryl methyl sites for hydroxylation is 2. The second kappa shape index (κ2) is 6.61. The van der Waals surface area contributed by atoms with E-state index in [-0.39, 0.29) is 0 Å². The fourth-order valence-corrected chi connectivity index (χ4v) is 1.93. The van der Waals surface area contributed by atoms with Gasteiger partial charge >= 0.3 is 0 Å². The normalized spacial score (nSPS) is 12.2. The molecular weight excluding hydrogens is 206 g/mol. The number of benzene rings is 1. The fourth-order valence-electron chi connectivity index (χ4n) is 1.93. The zero-order chi connectivity index (χ0) is 12.8. The number of hydrogen-bond donors (Lipinski definition) is 1. The van der Waals surface area contributed by atoms with Crippen molar-refractivity contribution >= 4 is 6.08 Å². The predicted molar refractivity (Wildman–Crippen MR) is 77.3 cm³/mol. The molecule has 0 saturated carbocycles. The first-order chi connectivity index (χ1) is 8.06. The van der Waals surface area contributed by atoms with Crippen molar-refractivity contribution in [2.24, 2.45) is 5.92 Å². The average molecular weight is 231 g/mol. The molecule has 0 amide bonds. The van der Waals surface area contributed by atoms with Gasteiger partial charge in [-0.2, -0.15) is 0 Å². The van der Waals surface area contributed by atoms with Gasteiger partial charge in [0, 0.05) is 6.54 Å². The van der Waals surface area contributed by atoms with Crippen molar-refractivity contribution in [1.82, 2.24) is 5.32 Å². The second-order valence-electron chi connectivity index (χ2n) is 4.96. The van der Waals surface area contributed by atoms with Crippen LogP contribution >= 0.6 is 0 Å². The van der Waals surface area contributed by atoms with E-state index >= 15 is 0 Å². The quantitative estimate of drug-likeness (QED) is 0.809. The number of likely N-dealkylation sites (N-methyl/N-ethyl adjacent to an activating group) is 1. The molecule has 0 radical (unpaired) electrons. The van der Waals surface area contributed by atoms with Crippen molar-refractivity contribution in [3.63, 3.8) is 0 Å². The lowest BCUT2D eigenvalue weighted by molar-refractivity contribution is 0.682. The van der Waals surface area contributed by atoms with E-state index in [9.17, 15) is 0 Å². The van der Waals surface area contributed by atoms with Gasteiger partial charge in [-0.1, -0.05) is 50.6 Å². The van der Waals surface area contributed by atoms with Gasteiger partial charge < -0.3 is 5.32 Å². The minimum absolute atomic E-state index is 0.591. The number of hydrogen-bond acceptors (Lipinski definition) is 1. The lowest BCUT2D eigenvalue weighted by Gasteiger charge is -2.14.